The van der Waals surface area contributed by atoms with E-state index >= 15 is 0 Å². The summed E-state index contributed by atoms with van der Waals surface area (Å²) in [6.45, 7) is 7.01. The quantitative estimate of drug-likeness (QED) is 0.811. The second-order valence-corrected chi connectivity index (χ2v) is 5.29. The van der Waals surface area contributed by atoms with Crippen LogP contribution in [0, 0.1) is 12.3 Å². The molecule has 1 atom stereocenters. The lowest BCUT2D eigenvalue weighted by Crippen LogP contribution is -2.39. The highest BCUT2D eigenvalue weighted by Gasteiger charge is 2.33. The molecule has 1 unspecified atom stereocenters. The van der Waals surface area contributed by atoms with Crippen molar-refractivity contribution in [2.45, 2.75) is 40.2 Å². The first-order chi connectivity index (χ1) is 8.39. The van der Waals surface area contributed by atoms with Gasteiger partial charge in [0.25, 0.3) is 0 Å². The van der Waals surface area contributed by atoms with Gasteiger partial charge in [-0.3, -0.25) is 4.79 Å². The van der Waals surface area contributed by atoms with Crippen molar-refractivity contribution in [2.24, 2.45) is 5.41 Å². The van der Waals surface area contributed by atoms with Crippen LogP contribution in [0.5, 0.6) is 0 Å². The monoisotopic (exact) mass is 253 g/mol. The Hall–Kier alpha value is -1.29. The number of aryl methyl sites for hydroxylation is 1. The summed E-state index contributed by atoms with van der Waals surface area (Å²) < 4.78 is 5.25. The number of rotatable bonds is 7. The molecule has 4 nitrogen and oxygen atoms in total. The average molecular weight is 253 g/mol. The Bertz CT molecular complexity index is 399. The van der Waals surface area contributed by atoms with Gasteiger partial charge in [0.05, 0.1) is 11.7 Å². The van der Waals surface area contributed by atoms with Gasteiger partial charge in [0.2, 0.25) is 0 Å². The van der Waals surface area contributed by atoms with Gasteiger partial charge >= 0.3 is 5.97 Å². The first kappa shape index (κ1) is 14.8. The number of carbonyl (C=O) groups is 1. The number of carboxylic acid groups (broad SMARTS) is 1. The molecule has 0 aliphatic carbocycles. The summed E-state index contributed by atoms with van der Waals surface area (Å²) in [4.78, 5) is 13.4. The van der Waals surface area contributed by atoms with Crippen LogP contribution in [0.4, 0.5) is 0 Å². The van der Waals surface area contributed by atoms with Crippen LogP contribution in [0.2, 0.25) is 0 Å². The molecule has 0 saturated carbocycles. The zero-order chi connectivity index (χ0) is 13.8. The fourth-order valence-electron chi connectivity index (χ4n) is 2.32. The molecular formula is C14H23NO3. The van der Waals surface area contributed by atoms with Crippen molar-refractivity contribution in [1.29, 1.82) is 0 Å². The minimum Gasteiger partial charge on any atom is -0.481 e. The van der Waals surface area contributed by atoms with E-state index in [9.17, 15) is 9.90 Å². The number of aliphatic carboxylic acids is 1. The van der Waals surface area contributed by atoms with E-state index < -0.39 is 11.4 Å². The van der Waals surface area contributed by atoms with Crippen LogP contribution in [-0.2, 0) is 11.3 Å². The smallest absolute Gasteiger partial charge is 0.310 e. The number of nitrogens with zero attached hydrogens (tertiary/aromatic N) is 1. The van der Waals surface area contributed by atoms with Gasteiger partial charge in [0.15, 0.2) is 0 Å². The number of hydrogen-bond donors (Lipinski definition) is 1. The molecule has 0 bridgehead atoms. The zero-order valence-corrected chi connectivity index (χ0v) is 11.7. The summed E-state index contributed by atoms with van der Waals surface area (Å²) in [5.74, 6) is 0.175. The molecule has 0 saturated heterocycles. The molecule has 1 aromatic rings. The van der Waals surface area contributed by atoms with Gasteiger partial charge in [-0.2, -0.15) is 0 Å². The highest BCUT2D eigenvalue weighted by atomic mass is 16.4. The molecule has 4 heteroatoms. The van der Waals surface area contributed by atoms with Gasteiger partial charge < -0.3 is 14.4 Å². The Morgan fingerprint density at radius 2 is 2.22 bits per heavy atom. The second-order valence-electron chi connectivity index (χ2n) is 5.29. The number of carboxylic acids is 1. The molecule has 1 aromatic heterocycles. The van der Waals surface area contributed by atoms with E-state index in [1.54, 1.807) is 6.26 Å². The van der Waals surface area contributed by atoms with Crippen molar-refractivity contribution < 1.29 is 14.3 Å². The van der Waals surface area contributed by atoms with Gasteiger partial charge in [0.1, 0.15) is 5.76 Å². The second kappa shape index (κ2) is 6.05. The molecule has 102 valence electrons. The van der Waals surface area contributed by atoms with Crippen molar-refractivity contribution in [3.63, 3.8) is 0 Å². The highest BCUT2D eigenvalue weighted by Crippen LogP contribution is 2.25. The van der Waals surface area contributed by atoms with Gasteiger partial charge in [-0.05, 0) is 33.4 Å². The maximum Gasteiger partial charge on any atom is 0.310 e. The molecule has 0 amide bonds. The van der Waals surface area contributed by atoms with Crippen molar-refractivity contribution in [2.75, 3.05) is 13.6 Å². The third kappa shape index (κ3) is 3.60. The first-order valence-corrected chi connectivity index (χ1v) is 6.34. The SMILES string of the molecule is CCCC(C)(CN(C)Cc1ccoc1C)C(=O)O. The Morgan fingerprint density at radius 3 is 2.67 bits per heavy atom. The molecule has 0 fully saturated rings. The van der Waals surface area contributed by atoms with E-state index in [2.05, 4.69) is 0 Å². The lowest BCUT2D eigenvalue weighted by molar-refractivity contribution is -0.149. The lowest BCUT2D eigenvalue weighted by Gasteiger charge is -2.29. The van der Waals surface area contributed by atoms with Crippen molar-refractivity contribution in [1.82, 2.24) is 4.90 Å². The van der Waals surface area contributed by atoms with E-state index in [-0.39, 0.29) is 0 Å². The molecular weight excluding hydrogens is 230 g/mol. The van der Waals surface area contributed by atoms with Crippen LogP contribution in [0.3, 0.4) is 0 Å². The largest absolute Gasteiger partial charge is 0.481 e. The van der Waals surface area contributed by atoms with Gasteiger partial charge in [-0.25, -0.2) is 0 Å². The predicted octanol–water partition coefficient (Wildman–Crippen LogP) is 2.91. The minimum atomic E-state index is -0.722. The average Bonchev–Trinajstić information content (AvgIpc) is 2.64. The Labute approximate surface area is 109 Å². The van der Waals surface area contributed by atoms with Crippen LogP contribution in [0.15, 0.2) is 16.7 Å². The normalized spacial score (nSPS) is 14.7. The summed E-state index contributed by atoms with van der Waals surface area (Å²) >= 11 is 0. The van der Waals surface area contributed by atoms with Crippen LogP contribution in [-0.4, -0.2) is 29.6 Å². The minimum absolute atomic E-state index is 0.542. The summed E-state index contributed by atoms with van der Waals surface area (Å²) in [5.41, 5.74) is 0.433. The molecule has 1 rings (SSSR count). The predicted molar refractivity (Wildman–Crippen MR) is 70.4 cm³/mol. The lowest BCUT2D eigenvalue weighted by atomic mass is 9.85. The fourth-order valence-corrected chi connectivity index (χ4v) is 2.32. The molecule has 0 radical (unpaired) electrons. The summed E-state index contributed by atoms with van der Waals surface area (Å²) in [7, 11) is 1.95. The summed E-state index contributed by atoms with van der Waals surface area (Å²) in [5, 5.41) is 9.35. The Kier molecular flexibility index (Phi) is 4.96. The molecule has 18 heavy (non-hydrogen) atoms. The molecule has 0 spiro atoms. The molecule has 0 aliphatic heterocycles. The zero-order valence-electron chi connectivity index (χ0n) is 11.7. The Balaban J connectivity index is 2.65. The van der Waals surface area contributed by atoms with Gasteiger partial charge in [-0.1, -0.05) is 13.3 Å². The molecule has 1 heterocycles. The Morgan fingerprint density at radius 1 is 1.56 bits per heavy atom. The van der Waals surface area contributed by atoms with Crippen molar-refractivity contribution >= 4 is 5.97 Å². The number of furan rings is 1. The fraction of sp³-hybridized carbons (Fsp3) is 0.643. The van der Waals surface area contributed by atoms with Crippen LogP contribution < -0.4 is 0 Å². The van der Waals surface area contributed by atoms with E-state index in [1.807, 2.05) is 38.8 Å². The van der Waals surface area contributed by atoms with E-state index in [4.69, 9.17) is 4.42 Å². The summed E-state index contributed by atoms with van der Waals surface area (Å²) in [6, 6.07) is 1.93. The topological polar surface area (TPSA) is 53.7 Å². The molecule has 1 N–H and O–H groups in total. The van der Waals surface area contributed by atoms with Crippen molar-refractivity contribution in [3.8, 4) is 0 Å². The highest BCUT2D eigenvalue weighted by molar-refractivity contribution is 5.74. The van der Waals surface area contributed by atoms with E-state index in [0.717, 1.165) is 24.3 Å². The third-order valence-corrected chi connectivity index (χ3v) is 3.34. The van der Waals surface area contributed by atoms with Gasteiger partial charge in [0, 0.05) is 18.7 Å². The van der Waals surface area contributed by atoms with Crippen LogP contribution >= 0.6 is 0 Å². The van der Waals surface area contributed by atoms with Crippen molar-refractivity contribution in [3.05, 3.63) is 23.7 Å². The standard InChI is InChI=1S/C14H23NO3/c1-5-7-14(3,13(16)17)10-15(4)9-12-6-8-18-11(12)2/h6,8H,5,7,9-10H2,1-4H3,(H,16,17). The van der Waals surface area contributed by atoms with Crippen LogP contribution in [0.1, 0.15) is 38.0 Å². The maximum absolute atomic E-state index is 11.4. The first-order valence-electron chi connectivity index (χ1n) is 6.34. The molecule has 0 aliphatic rings. The number of hydrogen-bond acceptors (Lipinski definition) is 3. The third-order valence-electron chi connectivity index (χ3n) is 3.34. The molecule has 0 aromatic carbocycles. The summed E-state index contributed by atoms with van der Waals surface area (Å²) in [6.07, 6.45) is 3.24. The van der Waals surface area contributed by atoms with Crippen LogP contribution in [0.25, 0.3) is 0 Å². The van der Waals surface area contributed by atoms with Gasteiger partial charge in [-0.15, -0.1) is 0 Å². The maximum atomic E-state index is 11.4. The van der Waals surface area contributed by atoms with E-state index in [1.165, 1.54) is 0 Å². The van der Waals surface area contributed by atoms with E-state index in [0.29, 0.717) is 13.0 Å².